The number of aryl methyl sites for hydroxylation is 1. The molecule has 0 aromatic carbocycles. The Labute approximate surface area is 118 Å². The van der Waals surface area contributed by atoms with Crippen LogP contribution in [0.2, 0.25) is 0 Å². The molecular weight excluding hydrogens is 258 g/mol. The van der Waals surface area contributed by atoms with Gasteiger partial charge in [0.2, 0.25) is 0 Å². The van der Waals surface area contributed by atoms with Crippen molar-refractivity contribution < 1.29 is 14.7 Å². The Morgan fingerprint density at radius 3 is 2.80 bits per heavy atom. The second kappa shape index (κ2) is 7.47. The molecule has 2 amide bonds. The van der Waals surface area contributed by atoms with Crippen molar-refractivity contribution in [2.75, 3.05) is 13.6 Å². The van der Waals surface area contributed by atoms with Crippen LogP contribution in [0.5, 0.6) is 0 Å². The average Bonchev–Trinajstić information content (AvgIpc) is 2.44. The van der Waals surface area contributed by atoms with E-state index in [0.717, 1.165) is 17.7 Å². The Balaban J connectivity index is 2.52. The highest BCUT2D eigenvalue weighted by molar-refractivity contribution is 5.75. The lowest BCUT2D eigenvalue weighted by atomic mass is 10.1. The second-order valence-corrected chi connectivity index (χ2v) is 4.74. The summed E-state index contributed by atoms with van der Waals surface area (Å²) in [5, 5.41) is 11.6. The summed E-state index contributed by atoms with van der Waals surface area (Å²) in [5.41, 5.74) is 1.93. The highest BCUT2D eigenvalue weighted by Gasteiger charge is 2.17. The maximum Gasteiger partial charge on any atom is 0.317 e. The van der Waals surface area contributed by atoms with Gasteiger partial charge in [-0.25, -0.2) is 4.79 Å². The lowest BCUT2D eigenvalue weighted by molar-refractivity contribution is -0.141. The monoisotopic (exact) mass is 279 g/mol. The number of carbonyl (C=O) groups is 2. The topological polar surface area (TPSA) is 82.5 Å². The Bertz CT molecular complexity index is 476. The van der Waals surface area contributed by atoms with E-state index in [1.807, 2.05) is 19.1 Å². The number of urea groups is 1. The van der Waals surface area contributed by atoms with E-state index < -0.39 is 11.9 Å². The van der Waals surface area contributed by atoms with E-state index in [4.69, 9.17) is 5.11 Å². The van der Waals surface area contributed by atoms with Crippen LogP contribution in [0.4, 0.5) is 4.79 Å². The lowest BCUT2D eigenvalue weighted by Crippen LogP contribution is -2.40. The molecule has 2 N–H and O–H groups in total. The molecule has 1 aromatic heterocycles. The zero-order chi connectivity index (χ0) is 15.1. The number of carboxylic acids is 1. The first-order chi connectivity index (χ1) is 9.45. The zero-order valence-corrected chi connectivity index (χ0v) is 12.1. The number of carboxylic acid groups (broad SMARTS) is 1. The van der Waals surface area contributed by atoms with Gasteiger partial charge >= 0.3 is 12.0 Å². The predicted molar refractivity (Wildman–Crippen MR) is 75.3 cm³/mol. The fraction of sp³-hybridized carbons (Fsp3) is 0.500. The standard InChI is InChI=1S/C14H21N3O3/c1-4-11-6-5-7-15-12(11)8-16-14(20)17(3)9-10(2)13(18)19/h5-7,10H,4,8-9H2,1-3H3,(H,16,20)(H,18,19). The first-order valence-corrected chi connectivity index (χ1v) is 6.60. The number of pyridine rings is 1. The molecule has 110 valence electrons. The molecule has 1 atom stereocenters. The average molecular weight is 279 g/mol. The van der Waals surface area contributed by atoms with E-state index in [1.165, 1.54) is 4.90 Å². The molecule has 1 rings (SSSR count). The van der Waals surface area contributed by atoms with E-state index >= 15 is 0 Å². The third kappa shape index (κ3) is 4.53. The van der Waals surface area contributed by atoms with Crippen LogP contribution >= 0.6 is 0 Å². The number of nitrogens with zero attached hydrogens (tertiary/aromatic N) is 2. The van der Waals surface area contributed by atoms with Gasteiger partial charge in [-0.15, -0.1) is 0 Å². The molecule has 1 aromatic rings. The van der Waals surface area contributed by atoms with Crippen LogP contribution in [0.3, 0.4) is 0 Å². The molecule has 0 fully saturated rings. The Morgan fingerprint density at radius 1 is 1.50 bits per heavy atom. The molecule has 1 heterocycles. The number of hydrogen-bond donors (Lipinski definition) is 2. The van der Waals surface area contributed by atoms with Crippen molar-refractivity contribution in [3.8, 4) is 0 Å². The van der Waals surface area contributed by atoms with Crippen LogP contribution in [0, 0.1) is 5.92 Å². The second-order valence-electron chi connectivity index (χ2n) is 4.74. The summed E-state index contributed by atoms with van der Waals surface area (Å²) >= 11 is 0. The molecule has 6 heteroatoms. The first-order valence-electron chi connectivity index (χ1n) is 6.60. The van der Waals surface area contributed by atoms with Crippen molar-refractivity contribution >= 4 is 12.0 Å². The number of carbonyl (C=O) groups excluding carboxylic acids is 1. The molecule has 0 saturated heterocycles. The van der Waals surface area contributed by atoms with Gasteiger partial charge in [0.05, 0.1) is 18.2 Å². The summed E-state index contributed by atoms with van der Waals surface area (Å²) in [6.45, 7) is 4.11. The lowest BCUT2D eigenvalue weighted by Gasteiger charge is -2.20. The van der Waals surface area contributed by atoms with Crippen LogP contribution in [-0.4, -0.2) is 40.6 Å². The van der Waals surface area contributed by atoms with Crippen molar-refractivity contribution in [1.82, 2.24) is 15.2 Å². The fourth-order valence-electron chi connectivity index (χ4n) is 1.82. The van der Waals surface area contributed by atoms with Gasteiger partial charge in [0.15, 0.2) is 0 Å². The third-order valence-corrected chi connectivity index (χ3v) is 3.09. The number of amides is 2. The number of aliphatic carboxylic acids is 1. The summed E-state index contributed by atoms with van der Waals surface area (Å²) in [7, 11) is 1.58. The Hall–Kier alpha value is -2.11. The molecular formula is C14H21N3O3. The van der Waals surface area contributed by atoms with Gasteiger partial charge in [-0.2, -0.15) is 0 Å². The van der Waals surface area contributed by atoms with Gasteiger partial charge < -0.3 is 15.3 Å². The largest absolute Gasteiger partial charge is 0.481 e. The van der Waals surface area contributed by atoms with Crippen LogP contribution in [0.25, 0.3) is 0 Å². The van der Waals surface area contributed by atoms with Crippen LogP contribution in [0.15, 0.2) is 18.3 Å². The molecule has 0 spiro atoms. The molecule has 0 aliphatic heterocycles. The molecule has 20 heavy (non-hydrogen) atoms. The summed E-state index contributed by atoms with van der Waals surface area (Å²) in [6.07, 6.45) is 2.54. The SMILES string of the molecule is CCc1cccnc1CNC(=O)N(C)CC(C)C(=O)O. The normalized spacial score (nSPS) is 11.8. The van der Waals surface area contributed by atoms with Crippen molar-refractivity contribution in [3.05, 3.63) is 29.6 Å². The van der Waals surface area contributed by atoms with Crippen molar-refractivity contribution in [1.29, 1.82) is 0 Å². The molecule has 0 aliphatic carbocycles. The van der Waals surface area contributed by atoms with Crippen molar-refractivity contribution in [2.24, 2.45) is 5.92 Å². The molecule has 6 nitrogen and oxygen atoms in total. The van der Waals surface area contributed by atoms with E-state index in [9.17, 15) is 9.59 Å². The molecule has 0 bridgehead atoms. The minimum atomic E-state index is -0.914. The minimum absolute atomic E-state index is 0.171. The number of aromatic nitrogens is 1. The smallest absolute Gasteiger partial charge is 0.317 e. The predicted octanol–water partition coefficient (Wildman–Crippen LogP) is 1.51. The van der Waals surface area contributed by atoms with Gasteiger partial charge in [-0.1, -0.05) is 19.9 Å². The number of rotatable bonds is 6. The quantitative estimate of drug-likeness (QED) is 0.826. The van der Waals surface area contributed by atoms with Crippen LogP contribution in [0.1, 0.15) is 25.1 Å². The molecule has 0 aliphatic rings. The number of nitrogens with one attached hydrogen (secondary N) is 1. The van der Waals surface area contributed by atoms with E-state index in [0.29, 0.717) is 6.54 Å². The zero-order valence-electron chi connectivity index (χ0n) is 12.1. The molecule has 1 unspecified atom stereocenters. The summed E-state index contributed by atoms with van der Waals surface area (Å²) < 4.78 is 0. The van der Waals surface area contributed by atoms with Gasteiger partial charge in [0.25, 0.3) is 0 Å². The molecule has 0 radical (unpaired) electrons. The van der Waals surface area contributed by atoms with E-state index in [-0.39, 0.29) is 12.6 Å². The van der Waals surface area contributed by atoms with Gasteiger partial charge in [-0.05, 0) is 18.1 Å². The van der Waals surface area contributed by atoms with Crippen molar-refractivity contribution in [2.45, 2.75) is 26.8 Å². The van der Waals surface area contributed by atoms with E-state index in [2.05, 4.69) is 10.3 Å². The summed E-state index contributed by atoms with van der Waals surface area (Å²) in [4.78, 5) is 28.2. The Morgan fingerprint density at radius 2 is 2.20 bits per heavy atom. The maximum atomic E-state index is 11.9. The molecule has 0 saturated carbocycles. The van der Waals surface area contributed by atoms with Crippen LogP contribution in [-0.2, 0) is 17.8 Å². The fourth-order valence-corrected chi connectivity index (χ4v) is 1.82. The highest BCUT2D eigenvalue weighted by Crippen LogP contribution is 2.06. The Kier molecular flexibility index (Phi) is 5.96. The number of hydrogen-bond acceptors (Lipinski definition) is 3. The minimum Gasteiger partial charge on any atom is -0.481 e. The van der Waals surface area contributed by atoms with Crippen LogP contribution < -0.4 is 5.32 Å². The van der Waals surface area contributed by atoms with Gasteiger partial charge in [-0.3, -0.25) is 9.78 Å². The maximum absolute atomic E-state index is 11.9. The summed E-state index contributed by atoms with van der Waals surface area (Å²) in [5.74, 6) is -1.51. The summed E-state index contributed by atoms with van der Waals surface area (Å²) in [6, 6.07) is 3.54. The van der Waals surface area contributed by atoms with Gasteiger partial charge in [0, 0.05) is 19.8 Å². The van der Waals surface area contributed by atoms with Crippen molar-refractivity contribution in [3.63, 3.8) is 0 Å². The first kappa shape index (κ1) is 15.9. The highest BCUT2D eigenvalue weighted by atomic mass is 16.4. The van der Waals surface area contributed by atoms with E-state index in [1.54, 1.807) is 20.2 Å². The van der Waals surface area contributed by atoms with Gasteiger partial charge in [0.1, 0.15) is 0 Å². The third-order valence-electron chi connectivity index (χ3n) is 3.09.